The lowest BCUT2D eigenvalue weighted by Gasteiger charge is -2.25. The predicted molar refractivity (Wildman–Crippen MR) is 124 cm³/mol. The van der Waals surface area contributed by atoms with E-state index in [0.29, 0.717) is 16.7 Å². The smallest absolute Gasteiger partial charge is 0.263 e. The Balaban J connectivity index is 1.58. The maximum Gasteiger partial charge on any atom is 0.263 e. The van der Waals surface area contributed by atoms with E-state index in [1.54, 1.807) is 12.1 Å². The molecule has 8 heteroatoms. The Morgan fingerprint density at radius 1 is 1.06 bits per heavy atom. The van der Waals surface area contributed by atoms with Gasteiger partial charge in [0, 0.05) is 35.0 Å². The molecule has 2 N–H and O–H groups in total. The van der Waals surface area contributed by atoms with Crippen LogP contribution in [0.2, 0.25) is 0 Å². The van der Waals surface area contributed by atoms with E-state index in [1.807, 2.05) is 37.4 Å². The number of nitrogens with one attached hydrogen (secondary N) is 2. The molecule has 0 radical (unpaired) electrons. The number of fused-ring (bicyclic) bond motifs is 2. The van der Waals surface area contributed by atoms with Crippen LogP contribution in [0.4, 0.5) is 8.78 Å². The molecule has 5 rings (SSSR count). The van der Waals surface area contributed by atoms with Crippen molar-refractivity contribution < 1.29 is 17.2 Å². The van der Waals surface area contributed by atoms with Crippen molar-refractivity contribution in [3.8, 4) is 0 Å². The van der Waals surface area contributed by atoms with Crippen molar-refractivity contribution in [1.29, 1.82) is 0 Å². The van der Waals surface area contributed by atoms with E-state index in [-0.39, 0.29) is 29.5 Å². The molecule has 0 saturated carbocycles. The minimum Gasteiger partial charge on any atom is -0.361 e. The van der Waals surface area contributed by atoms with Gasteiger partial charge in [-0.2, -0.15) is 0 Å². The van der Waals surface area contributed by atoms with Crippen LogP contribution in [0.1, 0.15) is 35.1 Å². The Morgan fingerprint density at radius 2 is 1.88 bits per heavy atom. The fourth-order valence-corrected chi connectivity index (χ4v) is 5.76. The molecule has 2 heterocycles. The molecule has 168 valence electrons. The summed E-state index contributed by atoms with van der Waals surface area (Å²) in [6.07, 6.45) is 1.96. The summed E-state index contributed by atoms with van der Waals surface area (Å²) in [4.78, 5) is 7.61. The van der Waals surface area contributed by atoms with E-state index in [0.717, 1.165) is 16.5 Å². The topological polar surface area (TPSA) is 74.3 Å². The monoisotopic (exact) mass is 465 g/mol. The third-order valence-corrected chi connectivity index (χ3v) is 7.47. The first-order valence-corrected chi connectivity index (χ1v) is 12.0. The van der Waals surface area contributed by atoms with Gasteiger partial charge in [-0.3, -0.25) is 9.71 Å². The second-order valence-corrected chi connectivity index (χ2v) is 9.77. The number of aliphatic imine (C=N–C) groups is 1. The van der Waals surface area contributed by atoms with Gasteiger partial charge in [-0.15, -0.1) is 0 Å². The average Bonchev–Trinajstić information content (AvgIpc) is 3.21. The lowest BCUT2D eigenvalue weighted by atomic mass is 9.87. The van der Waals surface area contributed by atoms with Crippen molar-refractivity contribution in [3.63, 3.8) is 0 Å². The van der Waals surface area contributed by atoms with Gasteiger partial charge in [0.05, 0.1) is 11.4 Å². The minimum absolute atomic E-state index is 0.0512. The van der Waals surface area contributed by atoms with Crippen LogP contribution in [0.3, 0.4) is 0 Å². The summed E-state index contributed by atoms with van der Waals surface area (Å²) in [7, 11) is -3.92. The third kappa shape index (κ3) is 3.91. The van der Waals surface area contributed by atoms with Crippen molar-refractivity contribution in [2.75, 3.05) is 0 Å². The zero-order chi connectivity index (χ0) is 23.2. The second kappa shape index (κ2) is 8.12. The van der Waals surface area contributed by atoms with Crippen LogP contribution in [-0.2, 0) is 23.0 Å². The van der Waals surface area contributed by atoms with E-state index in [9.17, 15) is 12.8 Å². The summed E-state index contributed by atoms with van der Waals surface area (Å²) in [6, 6.07) is 16.2. The van der Waals surface area contributed by atoms with E-state index in [2.05, 4.69) is 14.7 Å². The van der Waals surface area contributed by atoms with Gasteiger partial charge in [0.2, 0.25) is 0 Å². The number of aromatic amines is 1. The zero-order valence-corrected chi connectivity index (χ0v) is 18.6. The van der Waals surface area contributed by atoms with Crippen molar-refractivity contribution in [1.82, 2.24) is 9.71 Å². The zero-order valence-electron chi connectivity index (χ0n) is 17.8. The van der Waals surface area contributed by atoms with Gasteiger partial charge < -0.3 is 4.98 Å². The van der Waals surface area contributed by atoms with Crippen LogP contribution in [0.15, 0.2) is 76.7 Å². The highest BCUT2D eigenvalue weighted by atomic mass is 32.2. The largest absolute Gasteiger partial charge is 0.361 e. The predicted octanol–water partition coefficient (Wildman–Crippen LogP) is 5.03. The minimum atomic E-state index is -3.92. The Kier molecular flexibility index (Phi) is 5.25. The maximum atomic E-state index is 15.2. The van der Waals surface area contributed by atoms with Crippen LogP contribution in [0.25, 0.3) is 10.9 Å². The van der Waals surface area contributed by atoms with Gasteiger partial charge in [0.1, 0.15) is 17.5 Å². The molecule has 1 aliphatic rings. The molecule has 1 aromatic heterocycles. The first-order valence-electron chi connectivity index (χ1n) is 10.5. The summed E-state index contributed by atoms with van der Waals surface area (Å²) in [5.41, 5.74) is 3.15. The van der Waals surface area contributed by atoms with Crippen molar-refractivity contribution in [3.05, 3.63) is 101 Å². The van der Waals surface area contributed by atoms with Gasteiger partial charge in [0.25, 0.3) is 10.0 Å². The molecular formula is C25H21F2N3O2S. The lowest BCUT2D eigenvalue weighted by Crippen LogP contribution is -2.38. The highest BCUT2D eigenvalue weighted by Crippen LogP contribution is 2.37. The van der Waals surface area contributed by atoms with Gasteiger partial charge >= 0.3 is 0 Å². The maximum absolute atomic E-state index is 15.2. The molecule has 33 heavy (non-hydrogen) atoms. The summed E-state index contributed by atoms with van der Waals surface area (Å²) >= 11 is 0. The molecule has 0 bridgehead atoms. The fourth-order valence-electron chi connectivity index (χ4n) is 4.45. The molecule has 0 amide bonds. The number of aromatic nitrogens is 1. The molecule has 5 nitrogen and oxygen atoms in total. The van der Waals surface area contributed by atoms with Gasteiger partial charge in [-0.05, 0) is 47.0 Å². The van der Waals surface area contributed by atoms with Crippen LogP contribution in [-0.4, -0.2) is 19.2 Å². The molecular weight excluding hydrogens is 444 g/mol. The molecule has 1 atom stereocenters. The van der Waals surface area contributed by atoms with E-state index >= 15 is 4.39 Å². The molecule has 0 saturated heterocycles. The Hall–Kier alpha value is -3.52. The Labute approximate surface area is 190 Å². The van der Waals surface area contributed by atoms with E-state index < -0.39 is 21.8 Å². The Morgan fingerprint density at radius 3 is 2.70 bits per heavy atom. The molecule has 0 unspecified atom stereocenters. The number of hydrogen-bond acceptors (Lipinski definition) is 3. The van der Waals surface area contributed by atoms with Gasteiger partial charge in [0.15, 0.2) is 0 Å². The number of hydrogen-bond donors (Lipinski definition) is 2. The van der Waals surface area contributed by atoms with Gasteiger partial charge in [-0.25, -0.2) is 17.2 Å². The molecule has 1 aliphatic heterocycles. The van der Waals surface area contributed by atoms with Crippen molar-refractivity contribution in [2.45, 2.75) is 30.7 Å². The van der Waals surface area contributed by atoms with Crippen LogP contribution in [0.5, 0.6) is 0 Å². The first-order chi connectivity index (χ1) is 15.8. The quantitative estimate of drug-likeness (QED) is 0.444. The number of amidine groups is 1. The number of para-hydroxylation sites is 1. The summed E-state index contributed by atoms with van der Waals surface area (Å²) < 4.78 is 57.1. The highest BCUT2D eigenvalue weighted by molar-refractivity contribution is 7.90. The first kappa shape index (κ1) is 21.3. The summed E-state index contributed by atoms with van der Waals surface area (Å²) in [6.45, 7) is 1.97. The normalized spacial score (nSPS) is 17.0. The van der Waals surface area contributed by atoms with Crippen LogP contribution < -0.4 is 4.72 Å². The van der Waals surface area contributed by atoms with Crippen molar-refractivity contribution >= 4 is 26.8 Å². The summed E-state index contributed by atoms with van der Waals surface area (Å²) in [5, 5.41) is 0.957. The van der Waals surface area contributed by atoms with E-state index in [4.69, 9.17) is 0 Å². The fraction of sp³-hybridized carbons (Fsp3) is 0.160. The highest BCUT2D eigenvalue weighted by Gasteiger charge is 2.32. The summed E-state index contributed by atoms with van der Waals surface area (Å²) in [5.74, 6) is -1.05. The number of rotatable bonds is 4. The molecule has 0 spiro atoms. The molecule has 0 aliphatic carbocycles. The second-order valence-electron chi connectivity index (χ2n) is 8.12. The number of H-pyrrole nitrogens is 1. The van der Waals surface area contributed by atoms with E-state index in [1.165, 1.54) is 24.3 Å². The number of benzene rings is 3. The number of halogens is 2. The standard InChI is InChI=1S/C25H21F2N3O2S/c1-15(20-14-28-22-8-3-2-7-18(20)22)25-19-12-24(29-13-16-5-4-6-17(26)11-16)30-33(31,32)23(19)10-9-21(25)27/h2-11,14-15,28H,12-13H2,1H3,(H,29,30)/t15-/m0/s1. The van der Waals surface area contributed by atoms with Crippen molar-refractivity contribution in [2.24, 2.45) is 4.99 Å². The van der Waals surface area contributed by atoms with Crippen LogP contribution >= 0.6 is 0 Å². The number of nitrogens with zero attached hydrogens (tertiary/aromatic N) is 1. The third-order valence-electron chi connectivity index (χ3n) is 6.01. The molecule has 3 aromatic carbocycles. The Bertz CT molecular complexity index is 1510. The molecule has 4 aromatic rings. The molecule has 0 fully saturated rings. The number of sulfonamides is 1. The lowest BCUT2D eigenvalue weighted by molar-refractivity contribution is 0.580. The SMILES string of the molecule is C[C@H](c1c(F)ccc2c1CC(=NCc1cccc(F)c1)NS2(=O)=O)c1c[nH]c2ccccc12. The average molecular weight is 466 g/mol. The van der Waals surface area contributed by atoms with Gasteiger partial charge in [-0.1, -0.05) is 37.3 Å². The van der Waals surface area contributed by atoms with Crippen LogP contribution in [0, 0.1) is 11.6 Å².